The molecule has 0 aromatic heterocycles. The Morgan fingerprint density at radius 2 is 1.38 bits per heavy atom. The summed E-state index contributed by atoms with van der Waals surface area (Å²) >= 11 is 0. The van der Waals surface area contributed by atoms with E-state index in [9.17, 15) is 0 Å². The summed E-state index contributed by atoms with van der Waals surface area (Å²) in [6.07, 6.45) is 27.1. The van der Waals surface area contributed by atoms with Crippen LogP contribution in [-0.4, -0.2) is 6.61 Å². The Morgan fingerprint density at radius 3 is 2.12 bits per heavy atom. The summed E-state index contributed by atoms with van der Waals surface area (Å²) in [4.78, 5) is 0. The normalized spacial score (nSPS) is 31.6. The van der Waals surface area contributed by atoms with Crippen LogP contribution in [0.1, 0.15) is 128 Å². The lowest BCUT2D eigenvalue weighted by atomic mass is 9.63. The molecule has 1 nitrogen and oxygen atoms in total. The third-order valence-corrected chi connectivity index (χ3v) is 9.86. The van der Waals surface area contributed by atoms with Gasteiger partial charge in [-0.1, -0.05) is 109 Å². The number of benzene rings is 1. The van der Waals surface area contributed by atoms with E-state index < -0.39 is 0 Å². The lowest BCUT2D eigenvalue weighted by Crippen LogP contribution is -2.30. The van der Waals surface area contributed by atoms with Gasteiger partial charge in [0.05, 0.1) is 0 Å². The number of rotatable bonds is 12. The van der Waals surface area contributed by atoms with Crippen molar-refractivity contribution in [1.29, 1.82) is 0 Å². The lowest BCUT2D eigenvalue weighted by Gasteiger charge is -2.43. The van der Waals surface area contributed by atoms with E-state index in [1.54, 1.807) is 6.42 Å². The highest BCUT2D eigenvalue weighted by Gasteiger charge is 2.36. The Morgan fingerprint density at radius 1 is 0.735 bits per heavy atom. The van der Waals surface area contributed by atoms with Crippen molar-refractivity contribution in [3.8, 4) is 5.75 Å². The van der Waals surface area contributed by atoms with Crippen LogP contribution in [0.25, 0.3) is 0 Å². The molecule has 1 aromatic carbocycles. The summed E-state index contributed by atoms with van der Waals surface area (Å²) in [5.74, 6) is 6.89. The molecule has 190 valence electrons. The molecule has 3 fully saturated rings. The van der Waals surface area contributed by atoms with E-state index in [4.69, 9.17) is 4.74 Å². The van der Waals surface area contributed by atoms with Crippen molar-refractivity contribution in [3.63, 3.8) is 0 Å². The number of fused-ring (bicyclic) bond motifs is 1. The van der Waals surface area contributed by atoms with Crippen molar-refractivity contribution in [2.45, 2.75) is 122 Å². The molecule has 3 aliphatic carbocycles. The number of hydrogen-bond donors (Lipinski definition) is 0. The molecule has 0 spiro atoms. The highest BCUT2D eigenvalue weighted by Crippen LogP contribution is 2.49. The van der Waals surface area contributed by atoms with Crippen molar-refractivity contribution in [2.24, 2.45) is 29.6 Å². The molecule has 0 saturated heterocycles. The fraction of sp³-hybridized carbons (Fsp3) is 0.758. The molecule has 0 radical (unpaired) electrons. The smallest absolute Gasteiger partial charge is 0.119 e. The number of unbranched alkanes of at least 4 members (excludes halogenated alkanes) is 3. The molecule has 1 aromatic rings. The Kier molecular flexibility index (Phi) is 10.4. The molecular weight excluding hydrogens is 412 g/mol. The molecule has 0 amide bonds. The van der Waals surface area contributed by atoms with E-state index in [0.29, 0.717) is 6.61 Å². The van der Waals surface area contributed by atoms with Gasteiger partial charge < -0.3 is 4.74 Å². The van der Waals surface area contributed by atoms with Gasteiger partial charge in [0.2, 0.25) is 0 Å². The fourth-order valence-corrected chi connectivity index (χ4v) is 7.68. The second kappa shape index (κ2) is 13.7. The zero-order chi connectivity index (χ0) is 23.6. The van der Waals surface area contributed by atoms with Crippen LogP contribution in [0.5, 0.6) is 5.75 Å². The zero-order valence-electron chi connectivity index (χ0n) is 22.2. The first-order chi connectivity index (χ1) is 16.7. The SMILES string of the molecule is C=CCOc1ccc(C2CCC3CC(CCC4CCC(CCCCCC)CC4)CCC3C2)cc1. The van der Waals surface area contributed by atoms with Crippen LogP contribution < -0.4 is 4.74 Å². The molecule has 3 saturated carbocycles. The monoisotopic (exact) mass is 464 g/mol. The summed E-state index contributed by atoms with van der Waals surface area (Å²) in [6.45, 7) is 6.65. The van der Waals surface area contributed by atoms with E-state index in [2.05, 4.69) is 37.8 Å². The number of ether oxygens (including phenoxy) is 1. The Bertz CT molecular complexity index is 698. The molecular formula is C33H52O. The lowest BCUT2D eigenvalue weighted by molar-refractivity contribution is 0.108. The minimum Gasteiger partial charge on any atom is -0.490 e. The first-order valence-corrected chi connectivity index (χ1v) is 15.1. The minimum absolute atomic E-state index is 0.591. The van der Waals surface area contributed by atoms with Gasteiger partial charge in [-0.2, -0.15) is 0 Å². The van der Waals surface area contributed by atoms with E-state index in [1.807, 2.05) is 6.08 Å². The third-order valence-electron chi connectivity index (χ3n) is 9.86. The standard InChI is InChI=1S/C33H52O/c1-3-5-6-7-8-26-9-11-27(12-10-26)13-14-28-15-16-32-25-31(18-17-30(32)24-28)29-19-21-33(22-20-29)34-23-4-2/h4,19-22,26-28,30-32H,2-3,5-18,23-25H2,1H3. The maximum absolute atomic E-state index is 5.67. The van der Waals surface area contributed by atoms with Gasteiger partial charge in [0.15, 0.2) is 0 Å². The topological polar surface area (TPSA) is 9.23 Å². The summed E-state index contributed by atoms with van der Waals surface area (Å²) in [5, 5.41) is 0. The van der Waals surface area contributed by atoms with Crippen molar-refractivity contribution >= 4 is 0 Å². The van der Waals surface area contributed by atoms with Gasteiger partial charge >= 0.3 is 0 Å². The van der Waals surface area contributed by atoms with Crippen LogP contribution >= 0.6 is 0 Å². The van der Waals surface area contributed by atoms with Crippen LogP contribution in [0.3, 0.4) is 0 Å². The average Bonchev–Trinajstić information content (AvgIpc) is 2.89. The highest BCUT2D eigenvalue weighted by atomic mass is 16.5. The maximum atomic E-state index is 5.67. The molecule has 4 atom stereocenters. The van der Waals surface area contributed by atoms with Crippen LogP contribution in [0.4, 0.5) is 0 Å². The third kappa shape index (κ3) is 7.63. The molecule has 4 rings (SSSR count). The fourth-order valence-electron chi connectivity index (χ4n) is 7.68. The van der Waals surface area contributed by atoms with Crippen molar-refractivity contribution in [1.82, 2.24) is 0 Å². The van der Waals surface area contributed by atoms with Gasteiger partial charge in [-0.15, -0.1) is 0 Å². The molecule has 4 unspecified atom stereocenters. The molecule has 0 bridgehead atoms. The van der Waals surface area contributed by atoms with Crippen molar-refractivity contribution < 1.29 is 4.74 Å². The largest absolute Gasteiger partial charge is 0.490 e. The number of hydrogen-bond acceptors (Lipinski definition) is 1. The molecule has 1 heteroatoms. The van der Waals surface area contributed by atoms with Crippen LogP contribution in [0.2, 0.25) is 0 Å². The van der Waals surface area contributed by atoms with Gasteiger partial charge in [-0.05, 0) is 85.3 Å². The van der Waals surface area contributed by atoms with Crippen molar-refractivity contribution in [3.05, 3.63) is 42.5 Å². The van der Waals surface area contributed by atoms with Crippen LogP contribution in [0.15, 0.2) is 36.9 Å². The van der Waals surface area contributed by atoms with E-state index in [0.717, 1.165) is 41.3 Å². The van der Waals surface area contributed by atoms with E-state index in [1.165, 1.54) is 108 Å². The van der Waals surface area contributed by atoms with Gasteiger partial charge in [0, 0.05) is 0 Å². The Hall–Kier alpha value is -1.24. The molecule has 0 aliphatic heterocycles. The summed E-state index contributed by atoms with van der Waals surface area (Å²) in [5.41, 5.74) is 1.53. The van der Waals surface area contributed by atoms with E-state index >= 15 is 0 Å². The second-order valence-electron chi connectivity index (χ2n) is 12.2. The van der Waals surface area contributed by atoms with Crippen LogP contribution in [-0.2, 0) is 0 Å². The van der Waals surface area contributed by atoms with Crippen molar-refractivity contribution in [2.75, 3.05) is 6.61 Å². The quantitative estimate of drug-likeness (QED) is 0.221. The van der Waals surface area contributed by atoms with Gasteiger partial charge in [0.25, 0.3) is 0 Å². The van der Waals surface area contributed by atoms with Gasteiger partial charge in [-0.25, -0.2) is 0 Å². The second-order valence-corrected chi connectivity index (χ2v) is 12.2. The van der Waals surface area contributed by atoms with E-state index in [-0.39, 0.29) is 0 Å². The van der Waals surface area contributed by atoms with Gasteiger partial charge in [0.1, 0.15) is 12.4 Å². The zero-order valence-corrected chi connectivity index (χ0v) is 22.2. The predicted octanol–water partition coefficient (Wildman–Crippen LogP) is 10.1. The summed E-state index contributed by atoms with van der Waals surface area (Å²) in [7, 11) is 0. The first kappa shape index (κ1) is 25.8. The summed E-state index contributed by atoms with van der Waals surface area (Å²) < 4.78 is 5.67. The average molecular weight is 465 g/mol. The Labute approximate surface area is 211 Å². The predicted molar refractivity (Wildman–Crippen MR) is 146 cm³/mol. The minimum atomic E-state index is 0.591. The summed E-state index contributed by atoms with van der Waals surface area (Å²) in [6, 6.07) is 8.94. The van der Waals surface area contributed by atoms with Gasteiger partial charge in [-0.3, -0.25) is 0 Å². The molecule has 0 heterocycles. The molecule has 3 aliphatic rings. The highest BCUT2D eigenvalue weighted by molar-refractivity contribution is 5.30. The molecule has 34 heavy (non-hydrogen) atoms. The Balaban J connectivity index is 1.13. The first-order valence-electron chi connectivity index (χ1n) is 15.1. The van der Waals surface area contributed by atoms with Crippen LogP contribution in [0, 0.1) is 29.6 Å². The maximum Gasteiger partial charge on any atom is 0.119 e. The molecule has 0 N–H and O–H groups in total.